The first-order valence-corrected chi connectivity index (χ1v) is 10.8. The summed E-state index contributed by atoms with van der Waals surface area (Å²) in [5.41, 5.74) is 1.09. The molecule has 0 bridgehead atoms. The molecule has 1 aliphatic carbocycles. The van der Waals surface area contributed by atoms with Crippen molar-refractivity contribution in [2.45, 2.75) is 71.6 Å². The molecular weight excluding hydrogens is 342 g/mol. The van der Waals surface area contributed by atoms with Crippen LogP contribution in [0.5, 0.6) is 0 Å². The molecule has 2 aliphatic rings. The van der Waals surface area contributed by atoms with Crippen molar-refractivity contribution in [3.63, 3.8) is 0 Å². The van der Waals surface area contributed by atoms with E-state index in [-0.39, 0.29) is 5.91 Å². The molecule has 0 spiro atoms. The number of thiophene rings is 1. The van der Waals surface area contributed by atoms with Crippen LogP contribution in [-0.2, 0) is 0 Å². The number of hydrogen-bond acceptors (Lipinski definition) is 4. The highest BCUT2D eigenvalue weighted by molar-refractivity contribution is 7.18. The number of carbonyl (C=O) groups is 1. The second-order valence-electron chi connectivity index (χ2n) is 8.78. The van der Waals surface area contributed by atoms with Gasteiger partial charge in [0.15, 0.2) is 0 Å². The number of likely N-dealkylation sites (tertiary alicyclic amines) is 1. The molecule has 1 aliphatic heterocycles. The van der Waals surface area contributed by atoms with E-state index in [1.165, 1.54) is 37.0 Å². The Balaban J connectivity index is 1.66. The van der Waals surface area contributed by atoms with Gasteiger partial charge in [-0.3, -0.25) is 4.79 Å². The third-order valence-electron chi connectivity index (χ3n) is 6.11. The van der Waals surface area contributed by atoms with Gasteiger partial charge in [0, 0.05) is 23.4 Å². The summed E-state index contributed by atoms with van der Waals surface area (Å²) in [5, 5.41) is 0.969. The average Bonchev–Trinajstić information content (AvgIpc) is 3.04. The molecule has 3 heterocycles. The summed E-state index contributed by atoms with van der Waals surface area (Å²) in [5.74, 6) is 1.41. The van der Waals surface area contributed by atoms with Crippen molar-refractivity contribution < 1.29 is 4.79 Å². The van der Waals surface area contributed by atoms with Crippen LogP contribution in [0.15, 0.2) is 6.07 Å². The first-order valence-electron chi connectivity index (χ1n) is 10.0. The maximum Gasteiger partial charge on any atom is 0.273 e. The highest BCUT2D eigenvalue weighted by Gasteiger charge is 2.30. The molecule has 0 unspecified atom stereocenters. The summed E-state index contributed by atoms with van der Waals surface area (Å²) in [6, 6.07) is 2.22. The average molecular weight is 372 g/mol. The van der Waals surface area contributed by atoms with E-state index < -0.39 is 0 Å². The van der Waals surface area contributed by atoms with Crippen molar-refractivity contribution in [3.05, 3.63) is 22.5 Å². The minimum Gasteiger partial charge on any atom is -0.337 e. The Kier molecular flexibility index (Phi) is 4.76. The zero-order valence-electron chi connectivity index (χ0n) is 16.2. The molecule has 0 atom stereocenters. The van der Waals surface area contributed by atoms with E-state index in [9.17, 15) is 4.79 Å². The minimum atomic E-state index is 0.0920. The van der Waals surface area contributed by atoms with Crippen molar-refractivity contribution >= 4 is 27.5 Å². The summed E-state index contributed by atoms with van der Waals surface area (Å²) in [4.78, 5) is 26.6. The van der Waals surface area contributed by atoms with Gasteiger partial charge in [-0.05, 0) is 69.3 Å². The van der Waals surface area contributed by atoms with Gasteiger partial charge in [0.2, 0.25) is 0 Å². The number of hydrogen-bond donors (Lipinski definition) is 0. The number of rotatable bonds is 2. The Morgan fingerprint density at radius 2 is 1.85 bits per heavy atom. The van der Waals surface area contributed by atoms with Crippen molar-refractivity contribution in [2.24, 2.45) is 5.41 Å². The number of fused-ring (bicyclic) bond motifs is 1. The highest BCUT2D eigenvalue weighted by Crippen LogP contribution is 2.45. The molecular formula is C21H29N3OS. The van der Waals surface area contributed by atoms with E-state index in [4.69, 9.17) is 0 Å². The van der Waals surface area contributed by atoms with Crippen LogP contribution in [0, 0.1) is 12.3 Å². The van der Waals surface area contributed by atoms with E-state index in [0.717, 1.165) is 36.1 Å². The molecule has 0 radical (unpaired) electrons. The van der Waals surface area contributed by atoms with Gasteiger partial charge in [0.05, 0.1) is 0 Å². The monoisotopic (exact) mass is 371 g/mol. The maximum absolute atomic E-state index is 13.1. The Morgan fingerprint density at radius 3 is 2.54 bits per heavy atom. The van der Waals surface area contributed by atoms with Crippen LogP contribution >= 0.6 is 11.3 Å². The summed E-state index contributed by atoms with van der Waals surface area (Å²) in [6.07, 6.45) is 8.45. The highest BCUT2D eigenvalue weighted by atomic mass is 32.1. The first kappa shape index (κ1) is 17.9. The molecule has 5 heteroatoms. The fourth-order valence-electron chi connectivity index (χ4n) is 4.34. The van der Waals surface area contributed by atoms with Crippen LogP contribution in [0.25, 0.3) is 10.2 Å². The summed E-state index contributed by atoms with van der Waals surface area (Å²) in [6.45, 7) is 8.36. The first-order chi connectivity index (χ1) is 12.4. The third kappa shape index (κ3) is 3.51. The summed E-state index contributed by atoms with van der Waals surface area (Å²) >= 11 is 1.77. The van der Waals surface area contributed by atoms with Gasteiger partial charge < -0.3 is 4.90 Å². The molecule has 2 aromatic rings. The number of aromatic nitrogens is 2. The van der Waals surface area contributed by atoms with Gasteiger partial charge >= 0.3 is 0 Å². The second-order valence-corrected chi connectivity index (χ2v) is 9.84. The van der Waals surface area contributed by atoms with Crippen LogP contribution in [0.4, 0.5) is 0 Å². The van der Waals surface area contributed by atoms with Crippen molar-refractivity contribution in [1.82, 2.24) is 14.9 Å². The molecule has 2 aromatic heterocycles. The number of carbonyl (C=O) groups excluding carboxylic acids is 1. The normalized spacial score (nSPS) is 21.3. The fourth-order valence-corrected chi connectivity index (χ4v) is 5.59. The topological polar surface area (TPSA) is 46.1 Å². The van der Waals surface area contributed by atoms with Crippen LogP contribution in [0.1, 0.15) is 85.9 Å². The Labute approximate surface area is 160 Å². The Morgan fingerprint density at radius 1 is 1.15 bits per heavy atom. The van der Waals surface area contributed by atoms with Crippen molar-refractivity contribution in [3.8, 4) is 0 Å². The molecule has 4 nitrogen and oxygen atoms in total. The molecule has 1 saturated carbocycles. The predicted octanol–water partition coefficient (Wildman–Crippen LogP) is 5.31. The number of nitrogens with zero attached hydrogens (tertiary/aromatic N) is 3. The Hall–Kier alpha value is -1.49. The lowest BCUT2D eigenvalue weighted by molar-refractivity contribution is 0.0720. The largest absolute Gasteiger partial charge is 0.337 e. The van der Waals surface area contributed by atoms with Crippen molar-refractivity contribution in [2.75, 3.05) is 13.1 Å². The second kappa shape index (κ2) is 6.91. The van der Waals surface area contributed by atoms with Gasteiger partial charge in [0.25, 0.3) is 5.91 Å². The lowest BCUT2D eigenvalue weighted by Crippen LogP contribution is -2.36. The van der Waals surface area contributed by atoms with E-state index in [1.54, 1.807) is 11.3 Å². The maximum atomic E-state index is 13.1. The van der Waals surface area contributed by atoms with Crippen LogP contribution in [-0.4, -0.2) is 33.9 Å². The van der Waals surface area contributed by atoms with E-state index in [0.29, 0.717) is 22.9 Å². The minimum absolute atomic E-state index is 0.0920. The predicted molar refractivity (Wildman–Crippen MR) is 107 cm³/mol. The van der Waals surface area contributed by atoms with Gasteiger partial charge in [-0.25, -0.2) is 9.97 Å². The summed E-state index contributed by atoms with van der Waals surface area (Å²) in [7, 11) is 0. The molecule has 1 saturated heterocycles. The van der Waals surface area contributed by atoms with Crippen LogP contribution in [0.3, 0.4) is 0 Å². The van der Waals surface area contributed by atoms with E-state index in [1.807, 2.05) is 11.8 Å². The molecule has 26 heavy (non-hydrogen) atoms. The summed E-state index contributed by atoms with van der Waals surface area (Å²) < 4.78 is 0. The zero-order chi connectivity index (χ0) is 18.3. The smallest absolute Gasteiger partial charge is 0.273 e. The third-order valence-corrected chi connectivity index (χ3v) is 7.30. The molecule has 0 aromatic carbocycles. The van der Waals surface area contributed by atoms with Crippen LogP contribution < -0.4 is 0 Å². The lowest BCUT2D eigenvalue weighted by Gasteiger charge is -2.33. The van der Waals surface area contributed by atoms with Crippen LogP contribution in [0.2, 0.25) is 0 Å². The van der Waals surface area contributed by atoms with Gasteiger partial charge in [-0.15, -0.1) is 11.3 Å². The molecule has 2 fully saturated rings. The zero-order valence-corrected chi connectivity index (χ0v) is 17.0. The molecule has 140 valence electrons. The van der Waals surface area contributed by atoms with Gasteiger partial charge in [-0.2, -0.15) is 0 Å². The van der Waals surface area contributed by atoms with E-state index >= 15 is 0 Å². The van der Waals surface area contributed by atoms with E-state index in [2.05, 4.69) is 29.9 Å². The van der Waals surface area contributed by atoms with Gasteiger partial charge in [0.1, 0.15) is 16.3 Å². The van der Waals surface area contributed by atoms with Gasteiger partial charge in [-0.1, -0.05) is 13.8 Å². The molecule has 1 amide bonds. The lowest BCUT2D eigenvalue weighted by atomic mass is 9.73. The number of amides is 1. The standard InChI is InChI=1S/C21H29N3OS/c1-14-22-18(20(25)24-11-5-4-6-12-24)16-13-17(26-19(16)23-14)15-7-9-21(2,3)10-8-15/h13,15H,4-12H2,1-3H3. The number of piperidine rings is 1. The fraction of sp³-hybridized carbons (Fsp3) is 0.667. The quantitative estimate of drug-likeness (QED) is 0.719. The Bertz CT molecular complexity index is 810. The number of aryl methyl sites for hydroxylation is 1. The SMILES string of the molecule is Cc1nc(C(=O)N2CCCCC2)c2cc(C3CCC(C)(C)CC3)sc2n1. The molecule has 0 N–H and O–H groups in total. The van der Waals surface area contributed by atoms with Crippen molar-refractivity contribution in [1.29, 1.82) is 0 Å². The molecule has 4 rings (SSSR count).